The fourth-order valence-corrected chi connectivity index (χ4v) is 4.07. The second-order valence-corrected chi connectivity index (χ2v) is 6.91. The van der Waals surface area contributed by atoms with Gasteiger partial charge in [0, 0.05) is 35.5 Å². The normalized spacial score (nSPS) is 11.0. The predicted octanol–water partition coefficient (Wildman–Crippen LogP) is 5.31. The van der Waals surface area contributed by atoms with E-state index in [0.29, 0.717) is 17.7 Å². The van der Waals surface area contributed by atoms with Gasteiger partial charge in [-0.1, -0.05) is 18.2 Å². The lowest BCUT2D eigenvalue weighted by molar-refractivity contribution is 0.0987. The molecule has 0 unspecified atom stereocenters. The average Bonchev–Trinajstić information content (AvgIpc) is 3.07. The van der Waals surface area contributed by atoms with E-state index in [0.717, 1.165) is 27.0 Å². The van der Waals surface area contributed by atoms with Crippen molar-refractivity contribution in [3.8, 4) is 11.1 Å². The van der Waals surface area contributed by atoms with Crippen LogP contribution in [-0.4, -0.2) is 15.8 Å². The van der Waals surface area contributed by atoms with E-state index < -0.39 is 0 Å². The SMILES string of the molecule is O=C(CCc1ccccn1)c1sc2ncccc2c1-c1ccc(F)cc1. The van der Waals surface area contributed by atoms with Crippen molar-refractivity contribution < 1.29 is 9.18 Å². The number of benzene rings is 1. The molecule has 0 fully saturated rings. The molecule has 0 aliphatic rings. The second-order valence-electron chi connectivity index (χ2n) is 5.91. The number of aryl methyl sites for hydroxylation is 1. The molecule has 0 radical (unpaired) electrons. The van der Waals surface area contributed by atoms with E-state index in [1.807, 2.05) is 30.3 Å². The Morgan fingerprint density at radius 3 is 2.54 bits per heavy atom. The summed E-state index contributed by atoms with van der Waals surface area (Å²) in [6.45, 7) is 0. The number of aromatic nitrogens is 2. The zero-order chi connectivity index (χ0) is 17.9. The van der Waals surface area contributed by atoms with Crippen LogP contribution in [0.15, 0.2) is 67.0 Å². The minimum Gasteiger partial charge on any atom is -0.293 e. The van der Waals surface area contributed by atoms with Crippen LogP contribution < -0.4 is 0 Å². The Balaban J connectivity index is 1.73. The topological polar surface area (TPSA) is 42.9 Å². The largest absolute Gasteiger partial charge is 0.293 e. The van der Waals surface area contributed by atoms with Gasteiger partial charge in [0.25, 0.3) is 0 Å². The summed E-state index contributed by atoms with van der Waals surface area (Å²) in [5, 5.41) is 0.922. The lowest BCUT2D eigenvalue weighted by Crippen LogP contribution is -2.01. The molecule has 0 atom stereocenters. The third-order valence-electron chi connectivity index (χ3n) is 4.19. The average molecular weight is 362 g/mol. The second kappa shape index (κ2) is 7.14. The molecule has 128 valence electrons. The summed E-state index contributed by atoms with van der Waals surface area (Å²) in [7, 11) is 0. The Kier molecular flexibility index (Phi) is 4.54. The van der Waals surface area contributed by atoms with Gasteiger partial charge in [-0.15, -0.1) is 11.3 Å². The first-order valence-corrected chi connectivity index (χ1v) is 9.10. The Hall–Kier alpha value is -2.92. The van der Waals surface area contributed by atoms with E-state index in [2.05, 4.69) is 9.97 Å². The monoisotopic (exact) mass is 362 g/mol. The first-order chi connectivity index (χ1) is 12.7. The van der Waals surface area contributed by atoms with Gasteiger partial charge >= 0.3 is 0 Å². The van der Waals surface area contributed by atoms with Crippen LogP contribution in [0.4, 0.5) is 4.39 Å². The summed E-state index contributed by atoms with van der Waals surface area (Å²) in [4.78, 5) is 23.1. The van der Waals surface area contributed by atoms with Gasteiger partial charge < -0.3 is 0 Å². The number of rotatable bonds is 5. The highest BCUT2D eigenvalue weighted by Gasteiger charge is 2.20. The quantitative estimate of drug-likeness (QED) is 0.452. The Morgan fingerprint density at radius 2 is 1.77 bits per heavy atom. The van der Waals surface area contributed by atoms with Gasteiger partial charge in [0.1, 0.15) is 10.6 Å². The number of hydrogen-bond donors (Lipinski definition) is 0. The van der Waals surface area contributed by atoms with E-state index in [9.17, 15) is 9.18 Å². The molecule has 0 saturated carbocycles. The lowest BCUT2D eigenvalue weighted by atomic mass is 9.99. The van der Waals surface area contributed by atoms with Crippen LogP contribution in [0.5, 0.6) is 0 Å². The van der Waals surface area contributed by atoms with Crippen LogP contribution in [0.1, 0.15) is 21.8 Å². The molecule has 0 saturated heterocycles. The zero-order valence-electron chi connectivity index (χ0n) is 13.9. The molecule has 26 heavy (non-hydrogen) atoms. The number of ketones is 1. The van der Waals surface area contributed by atoms with Gasteiger partial charge in [-0.3, -0.25) is 9.78 Å². The van der Waals surface area contributed by atoms with Crippen molar-refractivity contribution in [1.82, 2.24) is 9.97 Å². The molecular weight excluding hydrogens is 347 g/mol. The van der Waals surface area contributed by atoms with Crippen LogP contribution in [-0.2, 0) is 6.42 Å². The van der Waals surface area contributed by atoms with Crippen molar-refractivity contribution in [2.24, 2.45) is 0 Å². The fourth-order valence-electron chi connectivity index (χ4n) is 2.93. The van der Waals surface area contributed by atoms with Gasteiger partial charge in [0.15, 0.2) is 5.78 Å². The molecule has 0 spiro atoms. The molecule has 0 N–H and O–H groups in total. The minimum absolute atomic E-state index is 0.0537. The van der Waals surface area contributed by atoms with E-state index in [4.69, 9.17) is 0 Å². The van der Waals surface area contributed by atoms with Gasteiger partial charge in [0.2, 0.25) is 0 Å². The summed E-state index contributed by atoms with van der Waals surface area (Å²) < 4.78 is 13.3. The molecule has 4 rings (SSSR count). The van der Waals surface area contributed by atoms with Crippen LogP contribution >= 0.6 is 11.3 Å². The third kappa shape index (κ3) is 3.26. The predicted molar refractivity (Wildman–Crippen MR) is 102 cm³/mol. The summed E-state index contributed by atoms with van der Waals surface area (Å²) in [5.41, 5.74) is 2.55. The van der Waals surface area contributed by atoms with E-state index in [1.165, 1.54) is 23.5 Å². The zero-order valence-corrected chi connectivity index (χ0v) is 14.7. The molecule has 4 aromatic rings. The maximum absolute atomic E-state index is 13.3. The third-order valence-corrected chi connectivity index (χ3v) is 5.34. The van der Waals surface area contributed by atoms with E-state index in [1.54, 1.807) is 24.5 Å². The number of carbonyl (C=O) groups is 1. The number of hydrogen-bond acceptors (Lipinski definition) is 4. The van der Waals surface area contributed by atoms with Crippen LogP contribution in [0.2, 0.25) is 0 Å². The summed E-state index contributed by atoms with van der Waals surface area (Å²) in [6.07, 6.45) is 4.41. The maximum Gasteiger partial charge on any atom is 0.173 e. The van der Waals surface area contributed by atoms with Gasteiger partial charge in [0.05, 0.1) is 4.88 Å². The molecule has 3 nitrogen and oxygen atoms in total. The molecule has 0 aliphatic heterocycles. The molecule has 0 aliphatic carbocycles. The van der Waals surface area contributed by atoms with Gasteiger partial charge in [-0.2, -0.15) is 0 Å². The number of pyridine rings is 2. The summed E-state index contributed by atoms with van der Waals surface area (Å²) in [5.74, 6) is -0.243. The standard InChI is InChI=1S/C21H15FN2OS/c22-15-8-6-14(7-9-15)19-17-5-3-13-24-21(17)26-20(19)18(25)11-10-16-4-1-2-12-23-16/h1-9,12-13H,10-11H2. The molecule has 0 bridgehead atoms. The first-order valence-electron chi connectivity index (χ1n) is 8.29. The molecule has 3 aromatic heterocycles. The highest BCUT2D eigenvalue weighted by Crippen LogP contribution is 2.38. The number of nitrogens with zero attached hydrogens (tertiary/aromatic N) is 2. The van der Waals surface area contributed by atoms with Crippen LogP contribution in [0, 0.1) is 5.82 Å². The number of thiophene rings is 1. The molecule has 5 heteroatoms. The number of halogens is 1. The van der Waals surface area contributed by atoms with E-state index >= 15 is 0 Å². The Morgan fingerprint density at radius 1 is 0.962 bits per heavy atom. The van der Waals surface area contributed by atoms with Crippen LogP contribution in [0.25, 0.3) is 21.3 Å². The minimum atomic E-state index is -0.297. The number of Topliss-reactive ketones (excluding diaryl/α,β-unsaturated/α-hetero) is 1. The van der Waals surface area contributed by atoms with Gasteiger partial charge in [-0.25, -0.2) is 9.37 Å². The van der Waals surface area contributed by atoms with Crippen molar-refractivity contribution in [3.63, 3.8) is 0 Å². The Bertz CT molecular complexity index is 1060. The molecule has 0 amide bonds. The van der Waals surface area contributed by atoms with E-state index in [-0.39, 0.29) is 11.6 Å². The lowest BCUT2D eigenvalue weighted by Gasteiger charge is -2.05. The van der Waals surface area contributed by atoms with Crippen molar-refractivity contribution >= 4 is 27.3 Å². The summed E-state index contributed by atoms with van der Waals surface area (Å²) in [6, 6.07) is 15.7. The molecule has 3 heterocycles. The van der Waals surface area contributed by atoms with Crippen molar-refractivity contribution in [2.45, 2.75) is 12.8 Å². The van der Waals surface area contributed by atoms with Crippen LogP contribution in [0.3, 0.4) is 0 Å². The fraction of sp³-hybridized carbons (Fsp3) is 0.0952. The van der Waals surface area contributed by atoms with Crippen molar-refractivity contribution in [3.05, 3.63) is 83.4 Å². The summed E-state index contributed by atoms with van der Waals surface area (Å²) >= 11 is 1.39. The molecular formula is C21H15FN2OS. The highest BCUT2D eigenvalue weighted by molar-refractivity contribution is 7.21. The molecule has 1 aromatic carbocycles. The van der Waals surface area contributed by atoms with Gasteiger partial charge in [-0.05, 0) is 48.4 Å². The number of carbonyl (C=O) groups excluding carboxylic acids is 1. The maximum atomic E-state index is 13.3. The number of fused-ring (bicyclic) bond motifs is 1. The van der Waals surface area contributed by atoms with Crippen molar-refractivity contribution in [2.75, 3.05) is 0 Å². The Labute approximate surface area is 154 Å². The van der Waals surface area contributed by atoms with Crippen molar-refractivity contribution in [1.29, 1.82) is 0 Å². The smallest absolute Gasteiger partial charge is 0.173 e. The highest BCUT2D eigenvalue weighted by atomic mass is 32.1. The first kappa shape index (κ1) is 16.5.